The van der Waals surface area contributed by atoms with Crippen molar-refractivity contribution in [3.8, 4) is 0 Å². The molecule has 1 aromatic carbocycles. The van der Waals surface area contributed by atoms with Crippen molar-refractivity contribution in [1.29, 1.82) is 0 Å². The third-order valence-electron chi connectivity index (χ3n) is 3.43. The first-order valence-corrected chi connectivity index (χ1v) is 8.18. The molecular formula is C14H21NO4S. The summed E-state index contributed by atoms with van der Waals surface area (Å²) in [6.45, 7) is 6.93. The SMILES string of the molecule is Cc1ccc(S(=O)(=O)OCCN2CCOCC2C)cc1. The Morgan fingerprint density at radius 3 is 2.70 bits per heavy atom. The predicted octanol–water partition coefficient (Wildman–Crippen LogP) is 1.42. The molecule has 1 atom stereocenters. The third-order valence-corrected chi connectivity index (χ3v) is 4.76. The quantitative estimate of drug-likeness (QED) is 0.770. The molecule has 0 radical (unpaired) electrons. The second-order valence-corrected chi connectivity index (χ2v) is 6.66. The Kier molecular flexibility index (Phi) is 5.15. The molecule has 0 amide bonds. The summed E-state index contributed by atoms with van der Waals surface area (Å²) in [6.07, 6.45) is 0. The molecule has 6 heteroatoms. The van der Waals surface area contributed by atoms with Crippen molar-refractivity contribution in [3.05, 3.63) is 29.8 Å². The lowest BCUT2D eigenvalue weighted by molar-refractivity contribution is -0.00482. The van der Waals surface area contributed by atoms with Crippen LogP contribution in [-0.2, 0) is 19.0 Å². The van der Waals surface area contributed by atoms with Gasteiger partial charge in [0.05, 0.1) is 24.7 Å². The second kappa shape index (κ2) is 6.67. The zero-order chi connectivity index (χ0) is 14.6. The molecule has 1 fully saturated rings. The van der Waals surface area contributed by atoms with E-state index in [1.807, 2.05) is 6.92 Å². The van der Waals surface area contributed by atoms with Crippen molar-refractivity contribution >= 4 is 10.1 Å². The van der Waals surface area contributed by atoms with E-state index in [4.69, 9.17) is 8.92 Å². The Bertz CT molecular complexity index is 527. The summed E-state index contributed by atoms with van der Waals surface area (Å²) < 4.78 is 34.4. The monoisotopic (exact) mass is 299 g/mol. The van der Waals surface area contributed by atoms with Crippen LogP contribution < -0.4 is 0 Å². The number of morpholine rings is 1. The molecule has 5 nitrogen and oxygen atoms in total. The van der Waals surface area contributed by atoms with Crippen LogP contribution in [0.1, 0.15) is 12.5 Å². The third kappa shape index (κ3) is 4.02. The first kappa shape index (κ1) is 15.4. The van der Waals surface area contributed by atoms with E-state index in [2.05, 4.69) is 11.8 Å². The van der Waals surface area contributed by atoms with Crippen LogP contribution in [-0.4, -0.2) is 52.3 Å². The second-order valence-electron chi connectivity index (χ2n) is 5.05. The fraction of sp³-hybridized carbons (Fsp3) is 0.571. The van der Waals surface area contributed by atoms with E-state index in [1.54, 1.807) is 24.3 Å². The van der Waals surface area contributed by atoms with Crippen LogP contribution in [0.2, 0.25) is 0 Å². The molecular weight excluding hydrogens is 278 g/mol. The molecule has 20 heavy (non-hydrogen) atoms. The highest BCUT2D eigenvalue weighted by atomic mass is 32.2. The molecule has 1 heterocycles. The van der Waals surface area contributed by atoms with Gasteiger partial charge in [-0.25, -0.2) is 0 Å². The summed E-state index contributed by atoms with van der Waals surface area (Å²) in [5, 5.41) is 0. The number of nitrogens with zero attached hydrogens (tertiary/aromatic N) is 1. The van der Waals surface area contributed by atoms with E-state index < -0.39 is 10.1 Å². The molecule has 0 N–H and O–H groups in total. The Labute approximate surface area is 120 Å². The molecule has 1 unspecified atom stereocenters. The van der Waals surface area contributed by atoms with Gasteiger partial charge < -0.3 is 4.74 Å². The normalized spacial score (nSPS) is 21.0. The van der Waals surface area contributed by atoms with Crippen molar-refractivity contribution in [2.75, 3.05) is 32.9 Å². The minimum atomic E-state index is -3.65. The fourth-order valence-electron chi connectivity index (χ4n) is 2.13. The maximum atomic E-state index is 12.0. The zero-order valence-electron chi connectivity index (χ0n) is 11.9. The van der Waals surface area contributed by atoms with E-state index >= 15 is 0 Å². The maximum absolute atomic E-state index is 12.0. The summed E-state index contributed by atoms with van der Waals surface area (Å²) >= 11 is 0. The maximum Gasteiger partial charge on any atom is 0.297 e. The smallest absolute Gasteiger partial charge is 0.297 e. The van der Waals surface area contributed by atoms with Gasteiger partial charge in [-0.3, -0.25) is 9.08 Å². The van der Waals surface area contributed by atoms with Gasteiger partial charge in [-0.2, -0.15) is 8.42 Å². The van der Waals surface area contributed by atoms with Crippen LogP contribution in [0.3, 0.4) is 0 Å². The molecule has 2 rings (SSSR count). The van der Waals surface area contributed by atoms with Gasteiger partial charge >= 0.3 is 0 Å². The van der Waals surface area contributed by atoms with E-state index in [0.717, 1.165) is 12.1 Å². The Morgan fingerprint density at radius 1 is 1.35 bits per heavy atom. The molecule has 1 aromatic rings. The summed E-state index contributed by atoms with van der Waals surface area (Å²) in [7, 11) is -3.65. The lowest BCUT2D eigenvalue weighted by Gasteiger charge is -2.32. The largest absolute Gasteiger partial charge is 0.379 e. The van der Waals surface area contributed by atoms with Gasteiger partial charge in [0.25, 0.3) is 10.1 Å². The van der Waals surface area contributed by atoms with E-state index in [9.17, 15) is 8.42 Å². The van der Waals surface area contributed by atoms with Gasteiger partial charge in [0.15, 0.2) is 0 Å². The molecule has 0 bridgehead atoms. The molecule has 112 valence electrons. The van der Waals surface area contributed by atoms with Crippen LogP contribution in [0, 0.1) is 6.92 Å². The number of ether oxygens (including phenoxy) is 1. The van der Waals surface area contributed by atoms with Crippen LogP contribution in [0.15, 0.2) is 29.2 Å². The first-order chi connectivity index (χ1) is 9.49. The van der Waals surface area contributed by atoms with Gasteiger partial charge in [-0.15, -0.1) is 0 Å². The summed E-state index contributed by atoms with van der Waals surface area (Å²) in [5.41, 5.74) is 1.02. The molecule has 1 saturated heterocycles. The molecule has 0 saturated carbocycles. The number of benzene rings is 1. The highest BCUT2D eigenvalue weighted by Gasteiger charge is 2.20. The lowest BCUT2D eigenvalue weighted by atomic mass is 10.2. The topological polar surface area (TPSA) is 55.8 Å². The molecule has 1 aliphatic heterocycles. The van der Waals surface area contributed by atoms with Crippen LogP contribution in [0.5, 0.6) is 0 Å². The van der Waals surface area contributed by atoms with Gasteiger partial charge in [-0.05, 0) is 26.0 Å². The van der Waals surface area contributed by atoms with Crippen molar-refractivity contribution in [3.63, 3.8) is 0 Å². The molecule has 0 aliphatic carbocycles. The average molecular weight is 299 g/mol. The van der Waals surface area contributed by atoms with Crippen LogP contribution in [0.25, 0.3) is 0 Å². The summed E-state index contributed by atoms with van der Waals surface area (Å²) in [4.78, 5) is 2.38. The van der Waals surface area contributed by atoms with E-state index in [0.29, 0.717) is 25.8 Å². The number of aryl methyl sites for hydroxylation is 1. The number of hydrogen-bond donors (Lipinski definition) is 0. The molecule has 0 aromatic heterocycles. The lowest BCUT2D eigenvalue weighted by Crippen LogP contribution is -2.45. The average Bonchev–Trinajstić information content (AvgIpc) is 2.41. The van der Waals surface area contributed by atoms with Crippen molar-refractivity contribution < 1.29 is 17.3 Å². The highest BCUT2D eigenvalue weighted by Crippen LogP contribution is 2.13. The Balaban J connectivity index is 1.87. The van der Waals surface area contributed by atoms with Gasteiger partial charge in [0.2, 0.25) is 0 Å². The van der Waals surface area contributed by atoms with Crippen molar-refractivity contribution in [1.82, 2.24) is 4.90 Å². The van der Waals surface area contributed by atoms with Crippen LogP contribution >= 0.6 is 0 Å². The van der Waals surface area contributed by atoms with E-state index in [-0.39, 0.29) is 11.5 Å². The van der Waals surface area contributed by atoms with Gasteiger partial charge in [0, 0.05) is 19.1 Å². The number of hydrogen-bond acceptors (Lipinski definition) is 5. The predicted molar refractivity (Wildman–Crippen MR) is 76.2 cm³/mol. The van der Waals surface area contributed by atoms with Crippen molar-refractivity contribution in [2.45, 2.75) is 24.8 Å². The Morgan fingerprint density at radius 2 is 2.05 bits per heavy atom. The summed E-state index contributed by atoms with van der Waals surface area (Å²) in [5.74, 6) is 0. The fourth-order valence-corrected chi connectivity index (χ4v) is 3.03. The van der Waals surface area contributed by atoms with Gasteiger partial charge in [0.1, 0.15) is 0 Å². The minimum Gasteiger partial charge on any atom is -0.379 e. The highest BCUT2D eigenvalue weighted by molar-refractivity contribution is 7.86. The number of rotatable bonds is 5. The van der Waals surface area contributed by atoms with Crippen LogP contribution in [0.4, 0.5) is 0 Å². The zero-order valence-corrected chi connectivity index (χ0v) is 12.7. The molecule has 1 aliphatic rings. The Hall–Kier alpha value is -0.950. The first-order valence-electron chi connectivity index (χ1n) is 6.77. The van der Waals surface area contributed by atoms with Gasteiger partial charge in [-0.1, -0.05) is 17.7 Å². The molecule has 0 spiro atoms. The standard InChI is InChI=1S/C14H21NO4S/c1-12-3-5-14(6-4-12)20(16,17)19-10-8-15-7-9-18-11-13(15)2/h3-6,13H,7-11H2,1-2H3. The minimum absolute atomic E-state index is 0.167. The van der Waals surface area contributed by atoms with E-state index in [1.165, 1.54) is 0 Å². The van der Waals surface area contributed by atoms with Crippen molar-refractivity contribution in [2.24, 2.45) is 0 Å². The summed E-state index contributed by atoms with van der Waals surface area (Å²) in [6, 6.07) is 6.97.